The van der Waals surface area contributed by atoms with Gasteiger partial charge in [0.25, 0.3) is 0 Å². The van der Waals surface area contributed by atoms with Crippen molar-refractivity contribution in [3.05, 3.63) is 46.6 Å². The molecule has 1 aromatic rings. The van der Waals surface area contributed by atoms with Crippen LogP contribution in [0.25, 0.3) is 0 Å². The molecule has 0 aliphatic carbocycles. The zero-order chi connectivity index (χ0) is 5.82. The maximum absolute atomic E-state index is 10.5. The van der Waals surface area contributed by atoms with E-state index >= 15 is 0 Å². The van der Waals surface area contributed by atoms with Gasteiger partial charge in [-0.25, -0.2) is 0 Å². The normalized spacial score (nSPS) is 7.56. The maximum atomic E-state index is 10.5. The van der Waals surface area contributed by atoms with E-state index in [9.17, 15) is 4.79 Å². The van der Waals surface area contributed by atoms with Crippen LogP contribution in [0, 0.1) is 0 Å². The Balaban J connectivity index is 0.000000640. The zero-order valence-electron chi connectivity index (χ0n) is 4.78. The Labute approximate surface area is 70.7 Å². The lowest BCUT2D eigenvalue weighted by molar-refractivity contribution is 1.68. The van der Waals surface area contributed by atoms with Crippen LogP contribution >= 0.6 is 24.0 Å². The van der Waals surface area contributed by atoms with Gasteiger partial charge in [-0.3, -0.25) is 4.79 Å². The van der Waals surface area contributed by atoms with Gasteiger partial charge in [0, 0.05) is 0 Å². The van der Waals surface area contributed by atoms with Crippen molar-refractivity contribution in [1.29, 1.82) is 0 Å². The standard InChI is InChI=1S/C7H6O.HI/c8-7-5-3-1-2-4-6-7;/h1-6H;1H. The molecule has 0 atom stereocenters. The van der Waals surface area contributed by atoms with E-state index in [1.165, 1.54) is 12.1 Å². The van der Waals surface area contributed by atoms with E-state index in [1.54, 1.807) is 12.1 Å². The minimum absolute atomic E-state index is 0. The van der Waals surface area contributed by atoms with Crippen molar-refractivity contribution in [3.8, 4) is 0 Å². The summed E-state index contributed by atoms with van der Waals surface area (Å²) in [7, 11) is 0. The zero-order valence-corrected chi connectivity index (χ0v) is 7.11. The van der Waals surface area contributed by atoms with Gasteiger partial charge in [0.05, 0.1) is 0 Å². The van der Waals surface area contributed by atoms with Crippen LogP contribution in [0.3, 0.4) is 0 Å². The Hall–Kier alpha value is -0.380. The second-order valence-corrected chi connectivity index (χ2v) is 1.51. The highest BCUT2D eigenvalue weighted by Crippen LogP contribution is 1.73. The van der Waals surface area contributed by atoms with Crippen molar-refractivity contribution < 1.29 is 0 Å². The molecule has 0 radical (unpaired) electrons. The van der Waals surface area contributed by atoms with E-state index in [1.807, 2.05) is 12.1 Å². The Morgan fingerprint density at radius 2 is 1.33 bits per heavy atom. The minimum Gasteiger partial charge on any atom is -0.290 e. The first-order chi connectivity index (χ1) is 3.89. The van der Waals surface area contributed by atoms with Crippen molar-refractivity contribution in [2.24, 2.45) is 0 Å². The van der Waals surface area contributed by atoms with Gasteiger partial charge in [0.15, 0.2) is 5.43 Å². The van der Waals surface area contributed by atoms with E-state index in [-0.39, 0.29) is 29.4 Å². The van der Waals surface area contributed by atoms with Crippen LogP contribution in [-0.4, -0.2) is 0 Å². The van der Waals surface area contributed by atoms with E-state index in [2.05, 4.69) is 0 Å². The third-order valence-corrected chi connectivity index (χ3v) is 0.854. The molecular weight excluding hydrogens is 227 g/mol. The van der Waals surface area contributed by atoms with Crippen molar-refractivity contribution >= 4 is 24.0 Å². The number of hydrogen-bond donors (Lipinski definition) is 0. The van der Waals surface area contributed by atoms with Crippen LogP contribution in [0.1, 0.15) is 0 Å². The monoisotopic (exact) mass is 234 g/mol. The smallest absolute Gasteiger partial charge is 0.178 e. The van der Waals surface area contributed by atoms with Gasteiger partial charge in [0.1, 0.15) is 0 Å². The molecule has 0 unspecified atom stereocenters. The summed E-state index contributed by atoms with van der Waals surface area (Å²) < 4.78 is 0. The molecule has 0 N–H and O–H groups in total. The molecule has 0 saturated carbocycles. The molecule has 0 fully saturated rings. The Morgan fingerprint density at radius 3 is 1.78 bits per heavy atom. The van der Waals surface area contributed by atoms with Gasteiger partial charge in [0.2, 0.25) is 0 Å². The molecule has 1 nitrogen and oxygen atoms in total. The van der Waals surface area contributed by atoms with Gasteiger partial charge in [-0.2, -0.15) is 0 Å². The fourth-order valence-electron chi connectivity index (χ4n) is 0.485. The lowest BCUT2D eigenvalue weighted by Crippen LogP contribution is -1.87. The van der Waals surface area contributed by atoms with Crippen LogP contribution in [-0.2, 0) is 0 Å². The molecule has 0 aliphatic rings. The molecule has 0 spiro atoms. The molecule has 0 aromatic heterocycles. The lowest BCUT2D eigenvalue weighted by Gasteiger charge is -1.56. The van der Waals surface area contributed by atoms with Gasteiger partial charge in [-0.15, -0.1) is 24.0 Å². The van der Waals surface area contributed by atoms with Crippen LogP contribution in [0.5, 0.6) is 0 Å². The van der Waals surface area contributed by atoms with Gasteiger partial charge >= 0.3 is 0 Å². The molecule has 0 heterocycles. The first-order valence-electron chi connectivity index (χ1n) is 2.45. The van der Waals surface area contributed by atoms with E-state index < -0.39 is 0 Å². The quantitative estimate of drug-likeness (QED) is 0.624. The number of hydrogen-bond acceptors (Lipinski definition) is 1. The first kappa shape index (κ1) is 8.62. The second-order valence-electron chi connectivity index (χ2n) is 1.51. The molecule has 1 rings (SSSR count). The summed E-state index contributed by atoms with van der Waals surface area (Å²) in [6.07, 6.45) is 0. The molecule has 0 aliphatic heterocycles. The largest absolute Gasteiger partial charge is 0.290 e. The molecule has 9 heavy (non-hydrogen) atoms. The van der Waals surface area contributed by atoms with Gasteiger partial charge < -0.3 is 0 Å². The third-order valence-electron chi connectivity index (χ3n) is 0.854. The number of rotatable bonds is 0. The van der Waals surface area contributed by atoms with Crippen LogP contribution < -0.4 is 5.43 Å². The van der Waals surface area contributed by atoms with Crippen LogP contribution in [0.4, 0.5) is 0 Å². The summed E-state index contributed by atoms with van der Waals surface area (Å²) in [5.41, 5.74) is 0.0509. The van der Waals surface area contributed by atoms with Crippen molar-refractivity contribution in [3.63, 3.8) is 0 Å². The SMILES string of the molecule is I.O=c1cccccc1. The molecule has 0 bridgehead atoms. The average molecular weight is 234 g/mol. The van der Waals surface area contributed by atoms with Gasteiger partial charge in [-0.1, -0.05) is 24.3 Å². The van der Waals surface area contributed by atoms with Crippen molar-refractivity contribution in [2.45, 2.75) is 0 Å². The molecule has 0 saturated heterocycles. The molecule has 2 heteroatoms. The van der Waals surface area contributed by atoms with E-state index in [0.29, 0.717) is 0 Å². The highest BCUT2D eigenvalue weighted by atomic mass is 127. The summed E-state index contributed by atoms with van der Waals surface area (Å²) in [6, 6.07) is 10.1. The summed E-state index contributed by atoms with van der Waals surface area (Å²) in [5.74, 6) is 0. The Kier molecular flexibility index (Phi) is 4.30. The molecule has 0 amide bonds. The van der Waals surface area contributed by atoms with Crippen LogP contribution in [0.15, 0.2) is 41.2 Å². The minimum atomic E-state index is 0. The predicted octanol–water partition coefficient (Wildman–Crippen LogP) is 1.66. The third kappa shape index (κ3) is 3.24. The first-order valence-corrected chi connectivity index (χ1v) is 2.45. The summed E-state index contributed by atoms with van der Waals surface area (Å²) >= 11 is 0. The molecular formula is C7H7IO. The topological polar surface area (TPSA) is 17.1 Å². The summed E-state index contributed by atoms with van der Waals surface area (Å²) in [4.78, 5) is 10.5. The molecule has 48 valence electrons. The average Bonchev–Trinajstić information content (AvgIpc) is 1.94. The van der Waals surface area contributed by atoms with Crippen LogP contribution in [0.2, 0.25) is 0 Å². The fourth-order valence-corrected chi connectivity index (χ4v) is 0.485. The van der Waals surface area contributed by atoms with Crippen molar-refractivity contribution in [1.82, 2.24) is 0 Å². The van der Waals surface area contributed by atoms with Crippen molar-refractivity contribution in [2.75, 3.05) is 0 Å². The lowest BCUT2D eigenvalue weighted by atomic mass is 10.5. The van der Waals surface area contributed by atoms with Gasteiger partial charge in [-0.05, 0) is 12.1 Å². The van der Waals surface area contributed by atoms with E-state index in [4.69, 9.17) is 0 Å². The number of halogens is 1. The maximum Gasteiger partial charge on any atom is 0.178 e. The second kappa shape index (κ2) is 4.49. The highest BCUT2D eigenvalue weighted by molar-refractivity contribution is 14.0. The van der Waals surface area contributed by atoms with E-state index in [0.717, 1.165) is 0 Å². The highest BCUT2D eigenvalue weighted by Gasteiger charge is 1.69. The summed E-state index contributed by atoms with van der Waals surface area (Å²) in [5, 5.41) is 0. The molecule has 1 aromatic carbocycles. The Morgan fingerprint density at radius 1 is 0.889 bits per heavy atom. The predicted molar refractivity (Wildman–Crippen MR) is 48.1 cm³/mol. The summed E-state index contributed by atoms with van der Waals surface area (Å²) in [6.45, 7) is 0. The fraction of sp³-hybridized carbons (Fsp3) is 0. The Bertz CT molecular complexity index is 200.